The Bertz CT molecular complexity index is 828. The quantitative estimate of drug-likeness (QED) is 0.643. The monoisotopic (exact) mass is 418 g/mol. The number of hydrogen-bond donors (Lipinski definition) is 2. The minimum atomic E-state index is -0.908. The second-order valence-electron chi connectivity index (χ2n) is 9.40. The van der Waals surface area contributed by atoms with E-state index in [0.29, 0.717) is 0 Å². The molecule has 2 amide bonds. The van der Waals surface area contributed by atoms with Crippen molar-refractivity contribution in [2.45, 2.75) is 71.3 Å². The van der Waals surface area contributed by atoms with E-state index in [9.17, 15) is 9.59 Å². The summed E-state index contributed by atoms with van der Waals surface area (Å²) in [5, 5.41) is 12.9. The van der Waals surface area contributed by atoms with Gasteiger partial charge in [0, 0.05) is 17.8 Å². The third-order valence-corrected chi connectivity index (χ3v) is 6.30. The van der Waals surface area contributed by atoms with Crippen LogP contribution < -0.4 is 5.32 Å². The van der Waals surface area contributed by atoms with Gasteiger partial charge in [-0.2, -0.15) is 0 Å². The van der Waals surface area contributed by atoms with Crippen LogP contribution in [-0.4, -0.2) is 28.6 Å². The Kier molecular flexibility index (Phi) is 6.27. The number of benzene rings is 1. The lowest BCUT2D eigenvalue weighted by Gasteiger charge is -2.45. The first-order valence-electron chi connectivity index (χ1n) is 10.4. The zero-order chi connectivity index (χ0) is 21.2. The Labute approximate surface area is 178 Å². The molecule has 1 aromatic rings. The van der Waals surface area contributed by atoms with Crippen molar-refractivity contribution in [2.24, 2.45) is 5.41 Å². The summed E-state index contributed by atoms with van der Waals surface area (Å²) < 4.78 is 0. The van der Waals surface area contributed by atoms with E-state index in [1.165, 1.54) is 4.90 Å². The van der Waals surface area contributed by atoms with E-state index in [4.69, 9.17) is 16.7 Å². The number of nitrogens with zero attached hydrogens (tertiary/aromatic N) is 1. The number of aryl methyl sites for hydroxylation is 1. The van der Waals surface area contributed by atoms with Gasteiger partial charge >= 0.3 is 12.0 Å². The van der Waals surface area contributed by atoms with Crippen molar-refractivity contribution >= 4 is 23.6 Å². The molecule has 0 radical (unpaired) electrons. The van der Waals surface area contributed by atoms with Crippen molar-refractivity contribution in [3.8, 4) is 0 Å². The third kappa shape index (κ3) is 4.95. The number of aliphatic carboxylic acids is 1. The van der Waals surface area contributed by atoms with Crippen LogP contribution in [-0.2, 0) is 16.8 Å². The lowest BCUT2D eigenvalue weighted by molar-refractivity contribution is -0.137. The van der Waals surface area contributed by atoms with Crippen LogP contribution in [0.5, 0.6) is 0 Å². The summed E-state index contributed by atoms with van der Waals surface area (Å²) in [4.78, 5) is 25.1. The number of carbonyl (C=O) groups excluding carboxylic acids is 1. The Hall–Kier alpha value is -2.01. The van der Waals surface area contributed by atoms with Crippen LogP contribution in [0.2, 0.25) is 5.02 Å². The third-order valence-electron chi connectivity index (χ3n) is 5.95. The second-order valence-corrected chi connectivity index (χ2v) is 9.81. The Morgan fingerprint density at radius 3 is 2.72 bits per heavy atom. The number of hydrogen-bond acceptors (Lipinski definition) is 2. The molecule has 6 heteroatoms. The van der Waals surface area contributed by atoms with Gasteiger partial charge in [0.15, 0.2) is 0 Å². The fourth-order valence-electron chi connectivity index (χ4n) is 4.21. The van der Waals surface area contributed by atoms with Crippen LogP contribution in [0.1, 0.15) is 70.4 Å². The van der Waals surface area contributed by atoms with Crippen LogP contribution in [0.25, 0.3) is 0 Å². The topological polar surface area (TPSA) is 69.6 Å². The summed E-state index contributed by atoms with van der Waals surface area (Å²) in [5.41, 5.74) is 2.98. The van der Waals surface area contributed by atoms with E-state index in [0.717, 1.165) is 60.2 Å². The fraction of sp³-hybridized carbons (Fsp3) is 0.565. The number of carbonyl (C=O) groups is 2. The van der Waals surface area contributed by atoms with Crippen molar-refractivity contribution in [1.82, 2.24) is 10.2 Å². The highest BCUT2D eigenvalue weighted by atomic mass is 35.5. The van der Waals surface area contributed by atoms with Crippen LogP contribution >= 0.6 is 11.6 Å². The summed E-state index contributed by atoms with van der Waals surface area (Å²) >= 11 is 6.65. The molecule has 1 aliphatic heterocycles. The van der Waals surface area contributed by atoms with E-state index in [1.54, 1.807) is 0 Å². The summed E-state index contributed by atoms with van der Waals surface area (Å²) in [7, 11) is 0. The molecule has 0 bridgehead atoms. The summed E-state index contributed by atoms with van der Waals surface area (Å²) in [6.07, 6.45) is 7.57. The zero-order valence-electron chi connectivity index (χ0n) is 17.6. The number of urea groups is 1. The maximum atomic E-state index is 12.7. The van der Waals surface area contributed by atoms with Crippen molar-refractivity contribution in [3.63, 3.8) is 0 Å². The number of halogens is 1. The zero-order valence-corrected chi connectivity index (χ0v) is 18.3. The van der Waals surface area contributed by atoms with Crippen LogP contribution in [0.15, 0.2) is 30.0 Å². The van der Waals surface area contributed by atoms with Gasteiger partial charge in [-0.05, 0) is 60.3 Å². The normalized spacial score (nSPS) is 22.0. The van der Waals surface area contributed by atoms with E-state index in [2.05, 4.69) is 38.2 Å². The van der Waals surface area contributed by atoms with Gasteiger partial charge in [0.2, 0.25) is 0 Å². The molecule has 0 spiro atoms. The first-order chi connectivity index (χ1) is 13.6. The summed E-state index contributed by atoms with van der Waals surface area (Å²) in [5.74, 6) is -0.908. The molecule has 5 nitrogen and oxygen atoms in total. The smallest absolute Gasteiger partial charge is 0.322 e. The van der Waals surface area contributed by atoms with Gasteiger partial charge in [-0.3, -0.25) is 4.79 Å². The minimum absolute atomic E-state index is 0.0709. The van der Waals surface area contributed by atoms with Crippen LogP contribution in [0, 0.1) is 5.41 Å². The molecule has 3 rings (SSSR count). The largest absolute Gasteiger partial charge is 0.481 e. The average Bonchev–Trinajstić information content (AvgIpc) is 2.64. The number of nitrogens with one attached hydrogen (secondary N) is 1. The summed E-state index contributed by atoms with van der Waals surface area (Å²) in [6.45, 7) is 6.84. The highest BCUT2D eigenvalue weighted by Gasteiger charge is 2.43. The molecular formula is C23H31ClN2O3. The van der Waals surface area contributed by atoms with Crippen LogP contribution in [0.3, 0.4) is 0 Å². The fourth-order valence-corrected chi connectivity index (χ4v) is 4.48. The molecule has 158 valence electrons. The molecule has 2 aliphatic rings. The first-order valence-corrected chi connectivity index (χ1v) is 10.8. The second kappa shape index (κ2) is 8.39. The van der Waals surface area contributed by atoms with Crippen molar-refractivity contribution < 1.29 is 14.7 Å². The minimum Gasteiger partial charge on any atom is -0.481 e. The van der Waals surface area contributed by atoms with Crippen molar-refractivity contribution in [1.29, 1.82) is 0 Å². The van der Waals surface area contributed by atoms with Gasteiger partial charge in [0.25, 0.3) is 0 Å². The molecule has 1 aliphatic carbocycles. The molecule has 29 heavy (non-hydrogen) atoms. The Balaban J connectivity index is 1.89. The predicted molar refractivity (Wildman–Crippen MR) is 115 cm³/mol. The number of carboxylic acid groups (broad SMARTS) is 1. The molecule has 1 aromatic carbocycles. The van der Waals surface area contributed by atoms with Gasteiger partial charge < -0.3 is 15.3 Å². The number of fused-ring (bicyclic) bond motifs is 1. The maximum absolute atomic E-state index is 12.7. The van der Waals surface area contributed by atoms with Gasteiger partial charge in [-0.25, -0.2) is 4.79 Å². The molecule has 1 fully saturated rings. The molecule has 1 atom stereocenters. The predicted octanol–water partition coefficient (Wildman–Crippen LogP) is 5.47. The molecule has 1 saturated carbocycles. The molecule has 1 heterocycles. The summed E-state index contributed by atoms with van der Waals surface area (Å²) in [6, 6.07) is 5.94. The van der Waals surface area contributed by atoms with Gasteiger partial charge in [-0.15, -0.1) is 0 Å². The van der Waals surface area contributed by atoms with Gasteiger partial charge in [0.05, 0.1) is 12.0 Å². The number of rotatable bonds is 6. The first kappa shape index (κ1) is 21.7. The molecule has 0 unspecified atom stereocenters. The highest BCUT2D eigenvalue weighted by Crippen LogP contribution is 2.44. The van der Waals surface area contributed by atoms with E-state index in [1.807, 2.05) is 12.3 Å². The lowest BCUT2D eigenvalue weighted by atomic mass is 9.72. The van der Waals surface area contributed by atoms with Crippen molar-refractivity contribution in [3.05, 3.63) is 46.1 Å². The number of carboxylic acids is 1. The molecular weight excluding hydrogens is 388 g/mol. The average molecular weight is 419 g/mol. The van der Waals surface area contributed by atoms with Crippen molar-refractivity contribution in [2.75, 3.05) is 6.54 Å². The lowest BCUT2D eigenvalue weighted by Crippen LogP contribution is -2.56. The van der Waals surface area contributed by atoms with Gasteiger partial charge in [-0.1, -0.05) is 50.9 Å². The van der Waals surface area contributed by atoms with E-state index < -0.39 is 11.5 Å². The highest BCUT2D eigenvalue weighted by molar-refractivity contribution is 6.31. The SMILES string of the molecule is CC(C)(C)CCc1ccc([C@]23CCCCC2=CN(CCC(=O)O)C(=O)N3)cc1Cl. The molecule has 0 saturated heterocycles. The van der Waals surface area contributed by atoms with E-state index >= 15 is 0 Å². The number of amides is 2. The Morgan fingerprint density at radius 2 is 2.07 bits per heavy atom. The molecule has 2 N–H and O–H groups in total. The maximum Gasteiger partial charge on any atom is 0.322 e. The van der Waals surface area contributed by atoms with Crippen LogP contribution in [0.4, 0.5) is 4.79 Å². The van der Waals surface area contributed by atoms with Gasteiger partial charge in [0.1, 0.15) is 0 Å². The molecule has 0 aromatic heterocycles. The Morgan fingerprint density at radius 1 is 1.31 bits per heavy atom. The standard InChI is InChI=1S/C23H31ClN2O3/c1-22(2,3)12-9-16-7-8-17(14-19(16)24)23-11-5-4-6-18(23)15-26(21(29)25-23)13-10-20(27)28/h7-8,14-15H,4-6,9-13H2,1-3H3,(H,25,29)(H,27,28)/t23-/m1/s1. The van der Waals surface area contributed by atoms with E-state index in [-0.39, 0.29) is 24.4 Å².